The van der Waals surface area contributed by atoms with Gasteiger partial charge in [-0.15, -0.1) is 0 Å². The number of H-pyrrole nitrogens is 1. The predicted octanol–water partition coefficient (Wildman–Crippen LogP) is 1.54. The number of methoxy groups -OCH3 is 1. The Morgan fingerprint density at radius 3 is 3.05 bits per heavy atom. The van der Waals surface area contributed by atoms with Crippen LogP contribution < -0.4 is 10.9 Å². The summed E-state index contributed by atoms with van der Waals surface area (Å²) in [6.45, 7) is 2.81. The molecular weight excluding hydrogens is 242 g/mol. The minimum Gasteiger partial charge on any atom is -0.370 e. The average Bonchev–Trinajstić information content (AvgIpc) is 2.38. The number of hydrogen-bond donors (Lipinski definition) is 2. The molecule has 1 aromatic rings. The van der Waals surface area contributed by atoms with Gasteiger partial charge in [-0.05, 0) is 32.2 Å². The molecule has 1 aliphatic rings. The molecule has 2 rings (SSSR count). The molecule has 0 aromatic carbocycles. The van der Waals surface area contributed by atoms with Crippen molar-refractivity contribution in [3.05, 3.63) is 27.9 Å². The Bertz CT molecular complexity index is 486. The number of aromatic amines is 1. The van der Waals surface area contributed by atoms with E-state index in [9.17, 15) is 4.79 Å². The molecule has 19 heavy (non-hydrogen) atoms. The maximum absolute atomic E-state index is 11.8. The van der Waals surface area contributed by atoms with Crippen LogP contribution in [0.1, 0.15) is 44.1 Å². The van der Waals surface area contributed by atoms with Gasteiger partial charge in [0.15, 0.2) is 0 Å². The zero-order valence-corrected chi connectivity index (χ0v) is 12.0. The van der Waals surface area contributed by atoms with E-state index < -0.39 is 5.60 Å². The summed E-state index contributed by atoms with van der Waals surface area (Å²) in [5, 5.41) is 3.02. The van der Waals surface area contributed by atoms with Gasteiger partial charge in [0.1, 0.15) is 11.4 Å². The average molecular weight is 265 g/mol. The Morgan fingerprint density at radius 2 is 2.42 bits per heavy atom. The molecule has 0 aliphatic heterocycles. The lowest BCUT2D eigenvalue weighted by Crippen LogP contribution is -2.38. The third-order valence-electron chi connectivity index (χ3n) is 3.93. The first-order chi connectivity index (χ1) is 9.09. The molecule has 5 nitrogen and oxygen atoms in total. The van der Waals surface area contributed by atoms with Crippen molar-refractivity contribution in [2.45, 2.75) is 44.8 Å². The first kappa shape index (κ1) is 14.2. The van der Waals surface area contributed by atoms with E-state index in [2.05, 4.69) is 22.2 Å². The zero-order chi connectivity index (χ0) is 13.9. The number of aromatic nitrogens is 2. The second-order valence-corrected chi connectivity index (χ2v) is 5.52. The lowest BCUT2D eigenvalue weighted by molar-refractivity contribution is -0.0649. The Morgan fingerprint density at radius 1 is 1.63 bits per heavy atom. The quantitative estimate of drug-likeness (QED) is 0.866. The van der Waals surface area contributed by atoms with E-state index in [1.165, 1.54) is 12.5 Å². The van der Waals surface area contributed by atoms with Crippen molar-refractivity contribution in [1.82, 2.24) is 15.3 Å². The molecule has 0 amide bonds. The summed E-state index contributed by atoms with van der Waals surface area (Å²) in [7, 11) is 3.56. The first-order valence-electron chi connectivity index (χ1n) is 6.90. The Kier molecular flexibility index (Phi) is 4.37. The zero-order valence-electron chi connectivity index (χ0n) is 12.0. The molecular formula is C14H23N3O2. The van der Waals surface area contributed by atoms with Crippen molar-refractivity contribution >= 4 is 0 Å². The van der Waals surface area contributed by atoms with Gasteiger partial charge >= 0.3 is 0 Å². The van der Waals surface area contributed by atoms with Crippen LogP contribution in [-0.2, 0) is 16.9 Å². The first-order valence-corrected chi connectivity index (χ1v) is 6.90. The van der Waals surface area contributed by atoms with Crippen LogP contribution in [0.2, 0.25) is 0 Å². The molecule has 1 aromatic heterocycles. The highest BCUT2D eigenvalue weighted by molar-refractivity contribution is 5.10. The fourth-order valence-corrected chi connectivity index (χ4v) is 3.00. The number of nitrogens with one attached hydrogen (secondary N) is 2. The van der Waals surface area contributed by atoms with Crippen molar-refractivity contribution in [2.24, 2.45) is 5.92 Å². The molecule has 2 unspecified atom stereocenters. The van der Waals surface area contributed by atoms with E-state index >= 15 is 0 Å². The normalized spacial score (nSPS) is 27.4. The molecule has 0 saturated heterocycles. The molecule has 0 bridgehead atoms. The number of ether oxygens (including phenoxy) is 1. The number of rotatable bonds is 4. The minimum absolute atomic E-state index is 0.107. The Balaban J connectivity index is 2.39. The Labute approximate surface area is 113 Å². The van der Waals surface area contributed by atoms with Gasteiger partial charge in [-0.2, -0.15) is 0 Å². The molecule has 1 saturated carbocycles. The summed E-state index contributed by atoms with van der Waals surface area (Å²) in [6, 6.07) is 1.54. The summed E-state index contributed by atoms with van der Waals surface area (Å²) in [6.07, 6.45) is 4.15. The lowest BCUT2D eigenvalue weighted by atomic mass is 9.78. The highest BCUT2D eigenvalue weighted by atomic mass is 16.5. The maximum Gasteiger partial charge on any atom is 0.251 e. The molecule has 2 atom stereocenters. The van der Waals surface area contributed by atoms with Gasteiger partial charge in [-0.3, -0.25) is 4.79 Å². The van der Waals surface area contributed by atoms with Crippen molar-refractivity contribution in [3.63, 3.8) is 0 Å². The van der Waals surface area contributed by atoms with Crippen LogP contribution in [0.25, 0.3) is 0 Å². The topological polar surface area (TPSA) is 67.0 Å². The number of nitrogens with zero attached hydrogens (tertiary/aromatic N) is 1. The molecule has 1 aliphatic carbocycles. The molecule has 0 spiro atoms. The van der Waals surface area contributed by atoms with Crippen LogP contribution in [0.3, 0.4) is 0 Å². The highest BCUT2D eigenvalue weighted by Gasteiger charge is 2.39. The van der Waals surface area contributed by atoms with E-state index in [4.69, 9.17) is 4.74 Å². The van der Waals surface area contributed by atoms with Crippen molar-refractivity contribution in [3.8, 4) is 0 Å². The standard InChI is InChI=1S/C14H23N3O2/c1-10-5-4-6-14(8-10,19-3)13-16-11(9-15-2)7-12(18)17-13/h7,10,15H,4-6,8-9H2,1-3H3,(H,16,17,18). The predicted molar refractivity (Wildman–Crippen MR) is 73.9 cm³/mol. The van der Waals surface area contributed by atoms with Gasteiger partial charge in [0.2, 0.25) is 0 Å². The summed E-state index contributed by atoms with van der Waals surface area (Å²) < 4.78 is 5.77. The number of hydrogen-bond acceptors (Lipinski definition) is 4. The molecule has 1 fully saturated rings. The van der Waals surface area contributed by atoms with Crippen LogP contribution in [0.15, 0.2) is 10.9 Å². The molecule has 1 heterocycles. The SMILES string of the molecule is CNCc1cc(=O)[nH]c(C2(OC)CCCC(C)C2)n1. The van der Waals surface area contributed by atoms with Crippen LogP contribution in [0.5, 0.6) is 0 Å². The van der Waals surface area contributed by atoms with E-state index in [-0.39, 0.29) is 5.56 Å². The largest absolute Gasteiger partial charge is 0.370 e. The van der Waals surface area contributed by atoms with Gasteiger partial charge in [0, 0.05) is 19.7 Å². The smallest absolute Gasteiger partial charge is 0.251 e. The van der Waals surface area contributed by atoms with Gasteiger partial charge < -0.3 is 15.0 Å². The van der Waals surface area contributed by atoms with E-state index in [1.54, 1.807) is 7.11 Å². The summed E-state index contributed by atoms with van der Waals surface area (Å²) in [4.78, 5) is 19.2. The van der Waals surface area contributed by atoms with Gasteiger partial charge in [0.25, 0.3) is 5.56 Å². The molecule has 2 N–H and O–H groups in total. The lowest BCUT2D eigenvalue weighted by Gasteiger charge is -2.37. The van der Waals surface area contributed by atoms with E-state index in [1.807, 2.05) is 7.05 Å². The van der Waals surface area contributed by atoms with Crippen molar-refractivity contribution in [1.29, 1.82) is 0 Å². The fourth-order valence-electron chi connectivity index (χ4n) is 3.00. The second kappa shape index (κ2) is 5.84. The van der Waals surface area contributed by atoms with Gasteiger partial charge in [0.05, 0.1) is 5.69 Å². The minimum atomic E-state index is -0.430. The second-order valence-electron chi connectivity index (χ2n) is 5.52. The summed E-state index contributed by atoms with van der Waals surface area (Å²) in [5.41, 5.74) is 0.224. The summed E-state index contributed by atoms with van der Waals surface area (Å²) >= 11 is 0. The monoisotopic (exact) mass is 265 g/mol. The van der Waals surface area contributed by atoms with Crippen molar-refractivity contribution in [2.75, 3.05) is 14.2 Å². The van der Waals surface area contributed by atoms with Crippen molar-refractivity contribution < 1.29 is 4.74 Å². The van der Waals surface area contributed by atoms with Gasteiger partial charge in [-0.1, -0.05) is 13.3 Å². The fraction of sp³-hybridized carbons (Fsp3) is 0.714. The van der Waals surface area contributed by atoms with Crippen LogP contribution >= 0.6 is 0 Å². The van der Waals surface area contributed by atoms with E-state index in [0.29, 0.717) is 18.3 Å². The van der Waals surface area contributed by atoms with Crippen LogP contribution in [0.4, 0.5) is 0 Å². The molecule has 0 radical (unpaired) electrons. The van der Waals surface area contributed by atoms with Crippen LogP contribution in [-0.4, -0.2) is 24.1 Å². The highest BCUT2D eigenvalue weighted by Crippen LogP contribution is 2.40. The molecule has 106 valence electrons. The third-order valence-corrected chi connectivity index (χ3v) is 3.93. The van der Waals surface area contributed by atoms with Crippen LogP contribution in [0, 0.1) is 5.92 Å². The third kappa shape index (κ3) is 3.04. The Hall–Kier alpha value is -1.20. The van der Waals surface area contributed by atoms with Gasteiger partial charge in [-0.25, -0.2) is 4.98 Å². The maximum atomic E-state index is 11.8. The molecule has 5 heteroatoms. The van der Waals surface area contributed by atoms with E-state index in [0.717, 1.165) is 25.0 Å². The summed E-state index contributed by atoms with van der Waals surface area (Å²) in [5.74, 6) is 1.27.